The third-order valence-electron chi connectivity index (χ3n) is 4.12. The van der Waals surface area contributed by atoms with Gasteiger partial charge >= 0.3 is 6.18 Å². The standard InChI is InChI=1S/C18H16F4N4O2/c1-9-12(8-24-28-9)17(27)25-11-4-5-14(13(19)6-11)26-15(10-2-3-10)7-16(23)18(20,21)22/h4-8,10,23,26H,2-3H2,1H3,(H,25,27)/b15-7-,23-16?. The molecule has 0 aliphatic heterocycles. The van der Waals surface area contributed by atoms with Crippen LogP contribution in [0.3, 0.4) is 0 Å². The average molecular weight is 396 g/mol. The number of aromatic nitrogens is 1. The molecule has 1 aromatic heterocycles. The molecule has 0 spiro atoms. The number of aryl methyl sites for hydroxylation is 1. The van der Waals surface area contributed by atoms with E-state index in [1.807, 2.05) is 0 Å². The van der Waals surface area contributed by atoms with Crippen molar-refractivity contribution in [1.82, 2.24) is 5.16 Å². The molecule has 2 aromatic rings. The third kappa shape index (κ3) is 4.56. The van der Waals surface area contributed by atoms with E-state index in [1.54, 1.807) is 6.92 Å². The number of carbonyl (C=O) groups is 1. The first kappa shape index (κ1) is 19.6. The van der Waals surface area contributed by atoms with Crippen molar-refractivity contribution in [2.24, 2.45) is 5.92 Å². The Bertz CT molecular complexity index is 945. The quantitative estimate of drug-likeness (QED) is 0.489. The van der Waals surface area contributed by atoms with Gasteiger partial charge in [0.15, 0.2) is 0 Å². The molecular weight excluding hydrogens is 380 g/mol. The number of halogens is 4. The van der Waals surface area contributed by atoms with E-state index < -0.39 is 23.6 Å². The van der Waals surface area contributed by atoms with Crippen LogP contribution in [0, 0.1) is 24.1 Å². The molecule has 1 saturated carbocycles. The van der Waals surface area contributed by atoms with E-state index in [2.05, 4.69) is 15.8 Å². The molecule has 0 bridgehead atoms. The lowest BCUT2D eigenvalue weighted by molar-refractivity contribution is -0.0584. The van der Waals surface area contributed by atoms with Crippen LogP contribution in [-0.2, 0) is 0 Å². The molecule has 0 radical (unpaired) electrons. The van der Waals surface area contributed by atoms with E-state index in [0.29, 0.717) is 24.7 Å². The number of alkyl halides is 3. The summed E-state index contributed by atoms with van der Waals surface area (Å²) in [6.07, 6.45) is -1.52. The van der Waals surface area contributed by atoms with Crippen LogP contribution in [0.4, 0.5) is 28.9 Å². The van der Waals surface area contributed by atoms with Crippen molar-refractivity contribution < 1.29 is 26.9 Å². The third-order valence-corrected chi connectivity index (χ3v) is 4.12. The highest BCUT2D eigenvalue weighted by Crippen LogP contribution is 2.38. The number of benzene rings is 1. The zero-order valence-electron chi connectivity index (χ0n) is 14.7. The number of hydrogen-bond acceptors (Lipinski definition) is 5. The van der Waals surface area contributed by atoms with Crippen LogP contribution in [0.25, 0.3) is 0 Å². The predicted molar refractivity (Wildman–Crippen MR) is 93.8 cm³/mol. The monoisotopic (exact) mass is 396 g/mol. The van der Waals surface area contributed by atoms with E-state index in [1.165, 1.54) is 18.3 Å². The molecule has 1 aromatic carbocycles. The molecule has 148 valence electrons. The van der Waals surface area contributed by atoms with Crippen molar-refractivity contribution in [3.63, 3.8) is 0 Å². The van der Waals surface area contributed by atoms with Gasteiger partial charge in [-0.15, -0.1) is 0 Å². The van der Waals surface area contributed by atoms with Gasteiger partial charge in [0.1, 0.15) is 22.9 Å². The minimum atomic E-state index is -4.77. The maximum atomic E-state index is 14.4. The molecule has 6 nitrogen and oxygen atoms in total. The van der Waals surface area contributed by atoms with Crippen molar-refractivity contribution in [3.8, 4) is 0 Å². The fourth-order valence-electron chi connectivity index (χ4n) is 2.45. The Hall–Kier alpha value is -3.17. The van der Waals surface area contributed by atoms with Crippen LogP contribution in [-0.4, -0.2) is 23.0 Å². The summed E-state index contributed by atoms with van der Waals surface area (Å²) < 4.78 is 57.0. The number of amides is 1. The topological polar surface area (TPSA) is 91.0 Å². The molecule has 1 aliphatic rings. The highest BCUT2D eigenvalue weighted by Gasteiger charge is 2.35. The smallest absolute Gasteiger partial charge is 0.361 e. The molecule has 28 heavy (non-hydrogen) atoms. The summed E-state index contributed by atoms with van der Waals surface area (Å²) >= 11 is 0. The van der Waals surface area contributed by atoms with E-state index in [4.69, 9.17) is 9.93 Å². The highest BCUT2D eigenvalue weighted by atomic mass is 19.4. The molecule has 3 rings (SSSR count). The fourth-order valence-corrected chi connectivity index (χ4v) is 2.45. The maximum absolute atomic E-state index is 14.4. The van der Waals surface area contributed by atoms with E-state index in [0.717, 1.165) is 6.07 Å². The van der Waals surface area contributed by atoms with Gasteiger partial charge in [-0.3, -0.25) is 10.2 Å². The van der Waals surface area contributed by atoms with Gasteiger partial charge in [0.2, 0.25) is 0 Å². The van der Waals surface area contributed by atoms with Crippen LogP contribution in [0.1, 0.15) is 29.0 Å². The van der Waals surface area contributed by atoms with Gasteiger partial charge in [0.25, 0.3) is 5.91 Å². The van der Waals surface area contributed by atoms with Gasteiger partial charge in [-0.05, 0) is 50.0 Å². The lowest BCUT2D eigenvalue weighted by Gasteiger charge is -2.14. The first-order valence-corrected chi connectivity index (χ1v) is 8.31. The molecule has 1 amide bonds. The molecule has 10 heteroatoms. The Morgan fingerprint density at radius 3 is 2.57 bits per heavy atom. The fraction of sp³-hybridized carbons (Fsp3) is 0.278. The van der Waals surface area contributed by atoms with Gasteiger partial charge in [-0.25, -0.2) is 4.39 Å². The molecular formula is C18H16F4N4O2. The number of nitrogens with zero attached hydrogens (tertiary/aromatic N) is 1. The summed E-state index contributed by atoms with van der Waals surface area (Å²) in [5, 5.41) is 15.7. The van der Waals surface area contributed by atoms with Crippen molar-refractivity contribution in [1.29, 1.82) is 5.41 Å². The first-order valence-electron chi connectivity index (χ1n) is 8.31. The van der Waals surface area contributed by atoms with Crippen LogP contribution in [0.5, 0.6) is 0 Å². The molecule has 1 fully saturated rings. The molecule has 1 heterocycles. The zero-order chi connectivity index (χ0) is 20.5. The minimum Gasteiger partial charge on any atom is -0.361 e. The second kappa shape index (κ2) is 7.45. The van der Waals surface area contributed by atoms with Crippen molar-refractivity contribution >= 4 is 23.0 Å². The molecule has 0 unspecified atom stereocenters. The van der Waals surface area contributed by atoms with E-state index in [-0.39, 0.29) is 28.6 Å². The first-order chi connectivity index (χ1) is 13.1. The van der Waals surface area contributed by atoms with Gasteiger partial charge in [-0.1, -0.05) is 5.16 Å². The number of nitrogens with one attached hydrogen (secondary N) is 3. The lowest BCUT2D eigenvalue weighted by Crippen LogP contribution is -2.21. The Balaban J connectivity index is 1.75. The molecule has 1 aliphatic carbocycles. The van der Waals surface area contributed by atoms with Crippen LogP contribution in [0.2, 0.25) is 0 Å². The van der Waals surface area contributed by atoms with Crippen molar-refractivity contribution in [2.75, 3.05) is 10.6 Å². The largest absolute Gasteiger partial charge is 0.432 e. The minimum absolute atomic E-state index is 0.0488. The number of allylic oxidation sites excluding steroid dienone is 2. The van der Waals surface area contributed by atoms with Gasteiger partial charge in [0, 0.05) is 11.4 Å². The Kier molecular flexibility index (Phi) is 5.21. The van der Waals surface area contributed by atoms with Gasteiger partial charge in [-0.2, -0.15) is 13.2 Å². The average Bonchev–Trinajstić information content (AvgIpc) is 3.36. The Morgan fingerprint density at radius 2 is 2.04 bits per heavy atom. The van der Waals surface area contributed by atoms with E-state index in [9.17, 15) is 22.4 Å². The number of anilines is 2. The van der Waals surface area contributed by atoms with Crippen LogP contribution >= 0.6 is 0 Å². The SMILES string of the molecule is Cc1oncc1C(=O)Nc1ccc(N/C(=C\C(=N)C(F)(F)F)C2CC2)c(F)c1. The second-order valence-electron chi connectivity index (χ2n) is 6.35. The summed E-state index contributed by atoms with van der Waals surface area (Å²) in [4.78, 5) is 12.1. The normalized spacial score (nSPS) is 14.7. The summed E-state index contributed by atoms with van der Waals surface area (Å²) in [6.45, 7) is 1.56. The summed E-state index contributed by atoms with van der Waals surface area (Å²) in [5.41, 5.74) is -1.05. The molecule has 3 N–H and O–H groups in total. The van der Waals surface area contributed by atoms with E-state index >= 15 is 0 Å². The van der Waals surface area contributed by atoms with Crippen LogP contribution in [0.15, 0.2) is 40.7 Å². The summed E-state index contributed by atoms with van der Waals surface area (Å²) in [6, 6.07) is 3.76. The highest BCUT2D eigenvalue weighted by molar-refractivity contribution is 6.04. The predicted octanol–water partition coefficient (Wildman–Crippen LogP) is 4.66. The number of hydrogen-bond donors (Lipinski definition) is 3. The summed E-state index contributed by atoms with van der Waals surface area (Å²) in [5.74, 6) is -1.15. The lowest BCUT2D eigenvalue weighted by atomic mass is 10.2. The Labute approximate surface area is 157 Å². The Morgan fingerprint density at radius 1 is 1.32 bits per heavy atom. The number of rotatable bonds is 6. The van der Waals surface area contributed by atoms with Crippen LogP contribution < -0.4 is 10.6 Å². The number of carbonyl (C=O) groups excluding carboxylic acids is 1. The van der Waals surface area contributed by atoms with Gasteiger partial charge < -0.3 is 15.2 Å². The van der Waals surface area contributed by atoms with Gasteiger partial charge in [0.05, 0.1) is 11.9 Å². The van der Waals surface area contributed by atoms with Crippen molar-refractivity contribution in [2.45, 2.75) is 25.9 Å². The van der Waals surface area contributed by atoms with Crippen molar-refractivity contribution in [3.05, 3.63) is 53.3 Å². The molecule has 0 atom stereocenters. The maximum Gasteiger partial charge on any atom is 0.432 e. The molecule has 0 saturated heterocycles. The second-order valence-corrected chi connectivity index (χ2v) is 6.35. The zero-order valence-corrected chi connectivity index (χ0v) is 14.7. The summed E-state index contributed by atoms with van der Waals surface area (Å²) in [7, 11) is 0.